The van der Waals surface area contributed by atoms with Crippen molar-refractivity contribution >= 4 is 17.4 Å². The minimum absolute atomic E-state index is 0.317. The molecule has 100 valence electrons. The molecule has 0 spiro atoms. The molecule has 0 aromatic heterocycles. The number of phenolic OH excluding ortho intramolecular Hbond substituents is 1. The predicted octanol–water partition coefficient (Wildman–Crippen LogP) is 4.16. The Bertz CT molecular complexity index is 507. The molecular formula is C16H19NOS. The van der Waals surface area contributed by atoms with Crippen molar-refractivity contribution in [1.82, 2.24) is 0 Å². The fourth-order valence-electron chi connectivity index (χ4n) is 2.01. The standard InChI is InChI=1S/C16H19NOS/c1-12(11-13-3-7-15(18)8-4-13)17-14-5-9-16(19-2)10-6-14/h3-10,12,17-18H,11H2,1-2H3. The topological polar surface area (TPSA) is 32.3 Å². The molecule has 0 fully saturated rings. The van der Waals surface area contributed by atoms with Gasteiger partial charge in [-0.1, -0.05) is 12.1 Å². The maximum atomic E-state index is 9.26. The highest BCUT2D eigenvalue weighted by molar-refractivity contribution is 7.98. The molecule has 3 heteroatoms. The molecule has 2 aromatic rings. The molecule has 0 saturated carbocycles. The van der Waals surface area contributed by atoms with Crippen molar-refractivity contribution in [1.29, 1.82) is 0 Å². The van der Waals surface area contributed by atoms with Gasteiger partial charge in [-0.05, 0) is 61.6 Å². The summed E-state index contributed by atoms with van der Waals surface area (Å²) in [6.07, 6.45) is 3.01. The lowest BCUT2D eigenvalue weighted by Gasteiger charge is -2.15. The summed E-state index contributed by atoms with van der Waals surface area (Å²) in [7, 11) is 0. The second kappa shape index (κ2) is 6.53. The SMILES string of the molecule is CSc1ccc(NC(C)Cc2ccc(O)cc2)cc1. The van der Waals surface area contributed by atoms with Crippen LogP contribution in [0.1, 0.15) is 12.5 Å². The van der Waals surface area contributed by atoms with E-state index in [2.05, 4.69) is 42.8 Å². The van der Waals surface area contributed by atoms with Gasteiger partial charge in [0.1, 0.15) is 5.75 Å². The number of thioether (sulfide) groups is 1. The summed E-state index contributed by atoms with van der Waals surface area (Å²) in [6.45, 7) is 2.16. The number of hydrogen-bond donors (Lipinski definition) is 2. The van der Waals surface area contributed by atoms with Crippen LogP contribution in [0, 0.1) is 0 Å². The zero-order chi connectivity index (χ0) is 13.7. The van der Waals surface area contributed by atoms with E-state index in [0.29, 0.717) is 11.8 Å². The van der Waals surface area contributed by atoms with E-state index in [1.807, 2.05) is 12.1 Å². The average Bonchev–Trinajstić information content (AvgIpc) is 2.42. The Kier molecular flexibility index (Phi) is 4.74. The van der Waals surface area contributed by atoms with Crippen LogP contribution in [-0.2, 0) is 6.42 Å². The van der Waals surface area contributed by atoms with Gasteiger partial charge >= 0.3 is 0 Å². The first kappa shape index (κ1) is 13.8. The molecule has 0 amide bonds. The van der Waals surface area contributed by atoms with Gasteiger partial charge in [0.05, 0.1) is 0 Å². The molecule has 2 aromatic carbocycles. The van der Waals surface area contributed by atoms with Gasteiger partial charge in [-0.3, -0.25) is 0 Å². The van der Waals surface area contributed by atoms with Crippen LogP contribution in [0.25, 0.3) is 0 Å². The van der Waals surface area contributed by atoms with Crippen molar-refractivity contribution in [3.63, 3.8) is 0 Å². The Morgan fingerprint density at radius 3 is 2.26 bits per heavy atom. The Morgan fingerprint density at radius 1 is 1.05 bits per heavy atom. The number of hydrogen-bond acceptors (Lipinski definition) is 3. The minimum Gasteiger partial charge on any atom is -0.508 e. The Labute approximate surface area is 118 Å². The average molecular weight is 273 g/mol. The van der Waals surface area contributed by atoms with E-state index in [9.17, 15) is 5.11 Å². The van der Waals surface area contributed by atoms with Crippen molar-refractivity contribution in [3.8, 4) is 5.75 Å². The van der Waals surface area contributed by atoms with Crippen LogP contribution in [0.4, 0.5) is 5.69 Å². The van der Waals surface area contributed by atoms with Crippen molar-refractivity contribution in [3.05, 3.63) is 54.1 Å². The molecule has 0 radical (unpaired) electrons. The zero-order valence-electron chi connectivity index (χ0n) is 11.3. The number of phenols is 1. The monoisotopic (exact) mass is 273 g/mol. The van der Waals surface area contributed by atoms with E-state index in [0.717, 1.165) is 12.1 Å². The maximum absolute atomic E-state index is 9.26. The summed E-state index contributed by atoms with van der Waals surface area (Å²) < 4.78 is 0. The smallest absolute Gasteiger partial charge is 0.115 e. The normalized spacial score (nSPS) is 12.1. The van der Waals surface area contributed by atoms with E-state index in [-0.39, 0.29) is 0 Å². The number of aromatic hydroxyl groups is 1. The molecule has 19 heavy (non-hydrogen) atoms. The van der Waals surface area contributed by atoms with Crippen LogP contribution in [-0.4, -0.2) is 17.4 Å². The molecule has 2 rings (SSSR count). The van der Waals surface area contributed by atoms with Crippen molar-refractivity contribution in [2.24, 2.45) is 0 Å². The second-order valence-corrected chi connectivity index (χ2v) is 5.52. The third-order valence-corrected chi connectivity index (χ3v) is 3.72. The summed E-state index contributed by atoms with van der Waals surface area (Å²) in [5, 5.41) is 12.7. The van der Waals surface area contributed by atoms with Crippen LogP contribution < -0.4 is 5.32 Å². The summed E-state index contributed by atoms with van der Waals surface area (Å²) in [4.78, 5) is 1.27. The van der Waals surface area contributed by atoms with Gasteiger partial charge in [0.15, 0.2) is 0 Å². The zero-order valence-corrected chi connectivity index (χ0v) is 12.1. The lowest BCUT2D eigenvalue weighted by atomic mass is 10.1. The molecule has 2 nitrogen and oxygen atoms in total. The van der Waals surface area contributed by atoms with Gasteiger partial charge in [-0.15, -0.1) is 11.8 Å². The predicted molar refractivity (Wildman–Crippen MR) is 83.1 cm³/mol. The van der Waals surface area contributed by atoms with E-state index in [1.54, 1.807) is 23.9 Å². The molecule has 1 atom stereocenters. The molecule has 0 heterocycles. The van der Waals surface area contributed by atoms with Gasteiger partial charge in [-0.25, -0.2) is 0 Å². The van der Waals surface area contributed by atoms with Gasteiger partial charge in [0, 0.05) is 16.6 Å². The molecule has 0 aliphatic rings. The van der Waals surface area contributed by atoms with Crippen LogP contribution >= 0.6 is 11.8 Å². The van der Waals surface area contributed by atoms with Crippen molar-refractivity contribution < 1.29 is 5.11 Å². The Hall–Kier alpha value is -1.61. The fourth-order valence-corrected chi connectivity index (χ4v) is 2.42. The number of anilines is 1. The quantitative estimate of drug-likeness (QED) is 0.802. The highest BCUT2D eigenvalue weighted by atomic mass is 32.2. The number of nitrogens with one attached hydrogen (secondary N) is 1. The summed E-state index contributed by atoms with van der Waals surface area (Å²) >= 11 is 1.75. The second-order valence-electron chi connectivity index (χ2n) is 4.64. The highest BCUT2D eigenvalue weighted by Crippen LogP contribution is 2.19. The van der Waals surface area contributed by atoms with Gasteiger partial charge in [-0.2, -0.15) is 0 Å². The first-order chi connectivity index (χ1) is 9.17. The van der Waals surface area contributed by atoms with E-state index in [4.69, 9.17) is 0 Å². The van der Waals surface area contributed by atoms with Crippen LogP contribution in [0.5, 0.6) is 5.75 Å². The Balaban J connectivity index is 1.92. The van der Waals surface area contributed by atoms with Gasteiger partial charge < -0.3 is 10.4 Å². The lowest BCUT2D eigenvalue weighted by molar-refractivity contribution is 0.475. The van der Waals surface area contributed by atoms with Crippen molar-refractivity contribution in [2.45, 2.75) is 24.3 Å². The third-order valence-electron chi connectivity index (χ3n) is 2.98. The van der Waals surface area contributed by atoms with Crippen LogP contribution in [0.15, 0.2) is 53.4 Å². The highest BCUT2D eigenvalue weighted by Gasteiger charge is 2.04. The first-order valence-electron chi connectivity index (χ1n) is 6.36. The molecule has 0 aliphatic heterocycles. The number of benzene rings is 2. The molecular weight excluding hydrogens is 254 g/mol. The van der Waals surface area contributed by atoms with E-state index in [1.165, 1.54) is 10.5 Å². The van der Waals surface area contributed by atoms with Gasteiger partial charge in [0.2, 0.25) is 0 Å². The van der Waals surface area contributed by atoms with E-state index >= 15 is 0 Å². The minimum atomic E-state index is 0.317. The number of rotatable bonds is 5. The maximum Gasteiger partial charge on any atom is 0.115 e. The molecule has 1 unspecified atom stereocenters. The van der Waals surface area contributed by atoms with Crippen LogP contribution in [0.2, 0.25) is 0 Å². The lowest BCUT2D eigenvalue weighted by Crippen LogP contribution is -2.17. The molecule has 0 bridgehead atoms. The van der Waals surface area contributed by atoms with E-state index < -0.39 is 0 Å². The fraction of sp³-hybridized carbons (Fsp3) is 0.250. The summed E-state index contributed by atoms with van der Waals surface area (Å²) in [6, 6.07) is 16.2. The Morgan fingerprint density at radius 2 is 1.68 bits per heavy atom. The van der Waals surface area contributed by atoms with Crippen LogP contribution in [0.3, 0.4) is 0 Å². The molecule has 2 N–H and O–H groups in total. The summed E-state index contributed by atoms with van der Waals surface area (Å²) in [5.74, 6) is 0.317. The third kappa shape index (κ3) is 4.21. The van der Waals surface area contributed by atoms with Crippen molar-refractivity contribution in [2.75, 3.05) is 11.6 Å². The first-order valence-corrected chi connectivity index (χ1v) is 7.58. The largest absolute Gasteiger partial charge is 0.508 e. The summed E-state index contributed by atoms with van der Waals surface area (Å²) in [5.41, 5.74) is 2.36. The van der Waals surface area contributed by atoms with Gasteiger partial charge in [0.25, 0.3) is 0 Å². The molecule has 0 saturated heterocycles. The molecule has 0 aliphatic carbocycles.